The Kier molecular flexibility index (Phi) is 3.77. The zero-order valence-corrected chi connectivity index (χ0v) is 12.9. The molecule has 1 unspecified atom stereocenters. The van der Waals surface area contributed by atoms with Crippen molar-refractivity contribution in [2.45, 2.75) is 44.4 Å². The van der Waals surface area contributed by atoms with Crippen LogP contribution in [0.1, 0.15) is 26.7 Å². The van der Waals surface area contributed by atoms with Crippen LogP contribution in [0.3, 0.4) is 0 Å². The molecule has 0 aromatic carbocycles. The highest BCUT2D eigenvalue weighted by Crippen LogP contribution is 2.36. The lowest BCUT2D eigenvalue weighted by Gasteiger charge is -2.56. The maximum atomic E-state index is 12.0. The van der Waals surface area contributed by atoms with Crippen molar-refractivity contribution in [1.29, 1.82) is 0 Å². The van der Waals surface area contributed by atoms with Crippen LogP contribution in [-0.2, 0) is 9.53 Å². The number of hydrogen-bond donors (Lipinski definition) is 1. The molecule has 0 aromatic rings. The Balaban J connectivity index is 1.63. The molecule has 5 heteroatoms. The van der Waals surface area contributed by atoms with E-state index in [2.05, 4.69) is 29.0 Å². The summed E-state index contributed by atoms with van der Waals surface area (Å²) >= 11 is 0. The Morgan fingerprint density at radius 1 is 1.35 bits per heavy atom. The first-order chi connectivity index (χ1) is 9.53. The molecule has 0 aromatic heterocycles. The lowest BCUT2D eigenvalue weighted by atomic mass is 9.89. The van der Waals surface area contributed by atoms with E-state index in [1.54, 1.807) is 7.05 Å². The van der Waals surface area contributed by atoms with E-state index in [9.17, 15) is 4.79 Å². The van der Waals surface area contributed by atoms with Crippen molar-refractivity contribution in [3.05, 3.63) is 0 Å². The summed E-state index contributed by atoms with van der Waals surface area (Å²) in [5.74, 6) is 0.902. The average molecular weight is 281 g/mol. The largest absolute Gasteiger partial charge is 0.369 e. The van der Waals surface area contributed by atoms with E-state index in [0.29, 0.717) is 12.6 Å². The Morgan fingerprint density at radius 3 is 2.60 bits per heavy atom. The second kappa shape index (κ2) is 5.28. The van der Waals surface area contributed by atoms with E-state index in [-0.39, 0.29) is 17.6 Å². The van der Waals surface area contributed by atoms with Gasteiger partial charge in [-0.15, -0.1) is 0 Å². The molecular formula is C15H27N3O2. The first kappa shape index (κ1) is 14.3. The minimum absolute atomic E-state index is 0.0241. The molecule has 2 saturated heterocycles. The summed E-state index contributed by atoms with van der Waals surface area (Å²) in [6.07, 6.45) is 2.64. The van der Waals surface area contributed by atoms with Crippen LogP contribution >= 0.6 is 0 Å². The number of nitrogens with zero attached hydrogens (tertiary/aromatic N) is 2. The van der Waals surface area contributed by atoms with Gasteiger partial charge in [0.15, 0.2) is 0 Å². The standard InChI is InChI=1S/C15H27N3O2/c1-11(2)18-9-15(10-18)8-17(6-12-4-5-12)13(7-20-15)14(19)16-3/h11-13H,4-10H2,1-3H3,(H,16,19). The van der Waals surface area contributed by atoms with E-state index in [4.69, 9.17) is 4.74 Å². The Morgan fingerprint density at radius 2 is 2.05 bits per heavy atom. The molecule has 3 aliphatic rings. The zero-order chi connectivity index (χ0) is 14.3. The van der Waals surface area contributed by atoms with Crippen molar-refractivity contribution in [1.82, 2.24) is 15.1 Å². The zero-order valence-electron chi connectivity index (χ0n) is 12.9. The lowest BCUT2D eigenvalue weighted by molar-refractivity contribution is -0.206. The fraction of sp³-hybridized carbons (Fsp3) is 0.933. The highest BCUT2D eigenvalue weighted by molar-refractivity contribution is 5.81. The number of likely N-dealkylation sites (N-methyl/N-ethyl adjacent to an activating group) is 1. The molecule has 1 spiro atoms. The molecule has 114 valence electrons. The smallest absolute Gasteiger partial charge is 0.239 e. The van der Waals surface area contributed by atoms with Crippen molar-refractivity contribution in [2.75, 3.05) is 39.8 Å². The predicted molar refractivity (Wildman–Crippen MR) is 77.5 cm³/mol. The molecule has 3 rings (SSSR count). The molecule has 1 amide bonds. The summed E-state index contributed by atoms with van der Waals surface area (Å²) in [6, 6.07) is 0.483. The van der Waals surface area contributed by atoms with E-state index >= 15 is 0 Å². The Bertz CT molecular complexity index is 375. The summed E-state index contributed by atoms with van der Waals surface area (Å²) < 4.78 is 6.11. The van der Waals surface area contributed by atoms with Crippen LogP contribution in [0.4, 0.5) is 0 Å². The van der Waals surface area contributed by atoms with Gasteiger partial charge in [-0.25, -0.2) is 0 Å². The van der Waals surface area contributed by atoms with Gasteiger partial charge in [0.1, 0.15) is 11.6 Å². The quantitative estimate of drug-likeness (QED) is 0.805. The van der Waals surface area contributed by atoms with Gasteiger partial charge < -0.3 is 10.1 Å². The monoisotopic (exact) mass is 281 g/mol. The Hall–Kier alpha value is -0.650. The first-order valence-corrected chi connectivity index (χ1v) is 7.87. The van der Waals surface area contributed by atoms with Crippen LogP contribution in [0.5, 0.6) is 0 Å². The van der Waals surface area contributed by atoms with Gasteiger partial charge in [0, 0.05) is 39.3 Å². The van der Waals surface area contributed by atoms with Crippen LogP contribution in [0, 0.1) is 5.92 Å². The van der Waals surface area contributed by atoms with Gasteiger partial charge in [-0.2, -0.15) is 0 Å². The SMILES string of the molecule is CNC(=O)C1COC2(CN(C(C)C)C2)CN1CC1CC1. The normalized spacial score (nSPS) is 30.5. The Labute approximate surface area is 121 Å². The highest BCUT2D eigenvalue weighted by Gasteiger charge is 2.51. The number of carbonyl (C=O) groups excluding carboxylic acids is 1. The number of amides is 1. The topological polar surface area (TPSA) is 44.8 Å². The molecule has 1 atom stereocenters. The van der Waals surface area contributed by atoms with Crippen LogP contribution in [0.15, 0.2) is 0 Å². The minimum Gasteiger partial charge on any atom is -0.369 e. The summed E-state index contributed by atoms with van der Waals surface area (Å²) in [4.78, 5) is 16.8. The first-order valence-electron chi connectivity index (χ1n) is 7.87. The molecule has 0 bridgehead atoms. The minimum atomic E-state index is -0.0978. The second-order valence-corrected chi connectivity index (χ2v) is 7.00. The summed E-state index contributed by atoms with van der Waals surface area (Å²) in [5, 5.41) is 2.78. The number of morpholine rings is 1. The van der Waals surface area contributed by atoms with Crippen LogP contribution < -0.4 is 5.32 Å². The molecule has 1 saturated carbocycles. The van der Waals surface area contributed by atoms with Crippen LogP contribution in [-0.4, -0.2) is 73.2 Å². The number of rotatable bonds is 4. The van der Waals surface area contributed by atoms with E-state index in [1.165, 1.54) is 12.8 Å². The maximum Gasteiger partial charge on any atom is 0.239 e. The van der Waals surface area contributed by atoms with E-state index in [0.717, 1.165) is 32.1 Å². The third-order valence-electron chi connectivity index (χ3n) is 4.93. The lowest BCUT2D eigenvalue weighted by Crippen LogP contribution is -2.73. The second-order valence-electron chi connectivity index (χ2n) is 7.00. The van der Waals surface area contributed by atoms with Crippen molar-refractivity contribution < 1.29 is 9.53 Å². The van der Waals surface area contributed by atoms with Crippen molar-refractivity contribution >= 4 is 5.91 Å². The summed E-state index contributed by atoms with van der Waals surface area (Å²) in [6.45, 7) is 8.97. The van der Waals surface area contributed by atoms with Crippen molar-refractivity contribution in [3.8, 4) is 0 Å². The summed E-state index contributed by atoms with van der Waals surface area (Å²) in [7, 11) is 1.71. The molecule has 1 aliphatic carbocycles. The van der Waals surface area contributed by atoms with Crippen LogP contribution in [0.2, 0.25) is 0 Å². The van der Waals surface area contributed by atoms with Gasteiger partial charge in [-0.05, 0) is 32.6 Å². The van der Waals surface area contributed by atoms with Gasteiger partial charge >= 0.3 is 0 Å². The van der Waals surface area contributed by atoms with Gasteiger partial charge in [-0.3, -0.25) is 14.6 Å². The number of hydrogen-bond acceptors (Lipinski definition) is 4. The van der Waals surface area contributed by atoms with Crippen LogP contribution in [0.25, 0.3) is 0 Å². The average Bonchev–Trinajstić information content (AvgIpc) is 3.18. The third kappa shape index (κ3) is 2.71. The maximum absolute atomic E-state index is 12.0. The summed E-state index contributed by atoms with van der Waals surface area (Å²) in [5.41, 5.74) is -0.0241. The fourth-order valence-electron chi connectivity index (χ4n) is 3.37. The van der Waals surface area contributed by atoms with Gasteiger partial charge in [0.2, 0.25) is 5.91 Å². The molecule has 2 heterocycles. The molecular weight excluding hydrogens is 254 g/mol. The van der Waals surface area contributed by atoms with E-state index < -0.39 is 0 Å². The molecule has 1 N–H and O–H groups in total. The third-order valence-corrected chi connectivity index (χ3v) is 4.93. The number of ether oxygens (including phenoxy) is 1. The molecule has 3 fully saturated rings. The van der Waals surface area contributed by atoms with Gasteiger partial charge in [0.05, 0.1) is 6.61 Å². The van der Waals surface area contributed by atoms with Gasteiger partial charge in [-0.1, -0.05) is 0 Å². The predicted octanol–water partition coefficient (Wildman–Crippen LogP) is 0.306. The fourth-order valence-corrected chi connectivity index (χ4v) is 3.37. The van der Waals surface area contributed by atoms with Crippen molar-refractivity contribution in [2.24, 2.45) is 5.92 Å². The molecule has 2 aliphatic heterocycles. The number of nitrogens with one attached hydrogen (secondary N) is 1. The van der Waals surface area contributed by atoms with E-state index in [1.807, 2.05) is 0 Å². The van der Waals surface area contributed by atoms with Crippen molar-refractivity contribution in [3.63, 3.8) is 0 Å². The molecule has 0 radical (unpaired) electrons. The number of carbonyl (C=O) groups is 1. The molecule has 5 nitrogen and oxygen atoms in total. The van der Waals surface area contributed by atoms with Gasteiger partial charge in [0.25, 0.3) is 0 Å². The molecule has 20 heavy (non-hydrogen) atoms. The highest BCUT2D eigenvalue weighted by atomic mass is 16.5. The number of likely N-dealkylation sites (tertiary alicyclic amines) is 1.